The molecule has 1 rings (SSSR count). The van der Waals surface area contributed by atoms with E-state index in [2.05, 4.69) is 13.8 Å². The molecule has 0 nitrogen and oxygen atoms in total. The predicted octanol–water partition coefficient (Wildman–Crippen LogP) is 5.15. The fraction of sp³-hybridized carbons (Fsp3) is 0.429. The molecule has 1 aromatic rings. The molecule has 1 aromatic carbocycles. The molecule has 0 aromatic heterocycles. The van der Waals surface area contributed by atoms with Crippen molar-refractivity contribution in [2.24, 2.45) is 5.92 Å². The van der Waals surface area contributed by atoms with Crippen molar-refractivity contribution in [3.05, 3.63) is 41.5 Å². The van der Waals surface area contributed by atoms with Gasteiger partial charge in [0.05, 0.1) is 5.56 Å². The third-order valence-electron chi connectivity index (χ3n) is 2.78. The van der Waals surface area contributed by atoms with E-state index in [1.165, 1.54) is 12.1 Å². The van der Waals surface area contributed by atoms with Crippen molar-refractivity contribution >= 4 is 6.08 Å². The zero-order valence-corrected chi connectivity index (χ0v) is 10.1. The molecule has 0 radical (unpaired) electrons. The summed E-state index contributed by atoms with van der Waals surface area (Å²) < 4.78 is 36.9. The number of hydrogen-bond donors (Lipinski definition) is 0. The van der Waals surface area contributed by atoms with Gasteiger partial charge < -0.3 is 0 Å². The molecule has 1 unspecified atom stereocenters. The minimum absolute atomic E-state index is 0.600. The Balaban J connectivity index is 2.63. The number of benzene rings is 1. The van der Waals surface area contributed by atoms with E-state index in [4.69, 9.17) is 0 Å². The molecule has 0 amide bonds. The van der Waals surface area contributed by atoms with Gasteiger partial charge in [-0.15, -0.1) is 0 Å². The van der Waals surface area contributed by atoms with Crippen molar-refractivity contribution in [3.63, 3.8) is 0 Å². The van der Waals surface area contributed by atoms with Crippen LogP contribution < -0.4 is 0 Å². The molecule has 0 spiro atoms. The second kappa shape index (κ2) is 5.89. The van der Waals surface area contributed by atoms with E-state index in [9.17, 15) is 13.2 Å². The number of halogens is 3. The molecule has 0 aliphatic carbocycles. The van der Waals surface area contributed by atoms with Crippen molar-refractivity contribution in [3.8, 4) is 0 Å². The predicted molar refractivity (Wildman–Crippen MR) is 64.6 cm³/mol. The average Bonchev–Trinajstić information content (AvgIpc) is 2.28. The lowest BCUT2D eigenvalue weighted by Gasteiger charge is -2.06. The normalized spacial score (nSPS) is 14.2. The minimum atomic E-state index is -4.25. The molecule has 0 saturated carbocycles. The first-order valence-electron chi connectivity index (χ1n) is 5.77. The fourth-order valence-electron chi connectivity index (χ4n) is 1.39. The first-order chi connectivity index (χ1) is 7.93. The number of hydrogen-bond acceptors (Lipinski definition) is 0. The molecule has 3 heteroatoms. The van der Waals surface area contributed by atoms with Crippen LogP contribution in [-0.2, 0) is 6.18 Å². The highest BCUT2D eigenvalue weighted by atomic mass is 19.4. The van der Waals surface area contributed by atoms with Crippen LogP contribution in [0.4, 0.5) is 13.2 Å². The molecule has 1 atom stereocenters. The Kier molecular flexibility index (Phi) is 4.79. The first-order valence-corrected chi connectivity index (χ1v) is 5.77. The molecule has 94 valence electrons. The van der Waals surface area contributed by atoms with E-state index in [-0.39, 0.29) is 0 Å². The third-order valence-corrected chi connectivity index (χ3v) is 2.78. The Hall–Kier alpha value is -1.25. The van der Waals surface area contributed by atoms with Crippen LogP contribution >= 0.6 is 0 Å². The SMILES string of the molecule is CCC(C)C/C=C/c1ccc(C(F)(F)F)cc1. The van der Waals surface area contributed by atoms with Gasteiger partial charge in [0, 0.05) is 0 Å². The summed E-state index contributed by atoms with van der Waals surface area (Å²) in [6, 6.07) is 5.22. The molecular weight excluding hydrogens is 225 g/mol. The Morgan fingerprint density at radius 3 is 2.24 bits per heavy atom. The van der Waals surface area contributed by atoms with Gasteiger partial charge in [0.15, 0.2) is 0 Å². The van der Waals surface area contributed by atoms with Gasteiger partial charge in [0.2, 0.25) is 0 Å². The van der Waals surface area contributed by atoms with Gasteiger partial charge >= 0.3 is 6.18 Å². The van der Waals surface area contributed by atoms with E-state index in [0.29, 0.717) is 5.92 Å². The largest absolute Gasteiger partial charge is 0.416 e. The average molecular weight is 242 g/mol. The van der Waals surface area contributed by atoms with Gasteiger partial charge in [-0.1, -0.05) is 44.6 Å². The topological polar surface area (TPSA) is 0 Å². The van der Waals surface area contributed by atoms with Crippen LogP contribution in [-0.4, -0.2) is 0 Å². The van der Waals surface area contributed by atoms with Gasteiger partial charge in [0.25, 0.3) is 0 Å². The number of rotatable bonds is 4. The maximum absolute atomic E-state index is 12.3. The Morgan fingerprint density at radius 1 is 1.18 bits per heavy atom. The molecule has 0 aliphatic heterocycles. The molecule has 0 N–H and O–H groups in total. The second-order valence-electron chi connectivity index (χ2n) is 4.27. The molecular formula is C14H17F3. The van der Waals surface area contributed by atoms with Crippen molar-refractivity contribution < 1.29 is 13.2 Å². The van der Waals surface area contributed by atoms with E-state index in [0.717, 1.165) is 30.5 Å². The fourth-order valence-corrected chi connectivity index (χ4v) is 1.39. The summed E-state index contributed by atoms with van der Waals surface area (Å²) in [5.41, 5.74) is 0.206. The lowest BCUT2D eigenvalue weighted by molar-refractivity contribution is -0.137. The molecule has 17 heavy (non-hydrogen) atoms. The van der Waals surface area contributed by atoms with Crippen LogP contribution in [0.25, 0.3) is 6.08 Å². The maximum atomic E-state index is 12.3. The van der Waals surface area contributed by atoms with Crippen LogP contribution in [0.1, 0.15) is 37.8 Å². The quantitative estimate of drug-likeness (QED) is 0.684. The highest BCUT2D eigenvalue weighted by Crippen LogP contribution is 2.29. The summed E-state index contributed by atoms with van der Waals surface area (Å²) in [6.07, 6.45) is 1.69. The Bertz CT molecular complexity index is 360. The Labute approximate surface area is 100 Å². The highest BCUT2D eigenvalue weighted by Gasteiger charge is 2.29. The van der Waals surface area contributed by atoms with E-state index in [1.807, 2.05) is 12.2 Å². The third kappa shape index (κ3) is 4.63. The molecule has 0 aliphatic rings. The minimum Gasteiger partial charge on any atom is -0.166 e. The molecule has 0 bridgehead atoms. The lowest BCUT2D eigenvalue weighted by Crippen LogP contribution is -2.03. The summed E-state index contributed by atoms with van der Waals surface area (Å²) in [5, 5.41) is 0. The van der Waals surface area contributed by atoms with Gasteiger partial charge in [-0.3, -0.25) is 0 Å². The van der Waals surface area contributed by atoms with Gasteiger partial charge in [0.1, 0.15) is 0 Å². The number of alkyl halides is 3. The standard InChI is InChI=1S/C14H17F3/c1-3-11(2)5-4-6-12-7-9-13(10-8-12)14(15,16)17/h4,6-11H,3,5H2,1-2H3/b6-4+. The van der Waals surface area contributed by atoms with Gasteiger partial charge in [-0.2, -0.15) is 13.2 Å². The van der Waals surface area contributed by atoms with Crippen LogP contribution in [0.15, 0.2) is 30.3 Å². The monoisotopic (exact) mass is 242 g/mol. The van der Waals surface area contributed by atoms with Gasteiger partial charge in [-0.25, -0.2) is 0 Å². The zero-order chi connectivity index (χ0) is 12.9. The van der Waals surface area contributed by atoms with Crippen LogP contribution in [0.3, 0.4) is 0 Å². The second-order valence-corrected chi connectivity index (χ2v) is 4.27. The smallest absolute Gasteiger partial charge is 0.166 e. The summed E-state index contributed by atoms with van der Waals surface area (Å²) in [6.45, 7) is 4.27. The molecule has 0 fully saturated rings. The highest BCUT2D eigenvalue weighted by molar-refractivity contribution is 5.49. The van der Waals surface area contributed by atoms with Crippen LogP contribution in [0, 0.1) is 5.92 Å². The van der Waals surface area contributed by atoms with Crippen molar-refractivity contribution in [2.45, 2.75) is 32.9 Å². The molecule has 0 saturated heterocycles. The first kappa shape index (κ1) is 13.8. The van der Waals surface area contributed by atoms with E-state index < -0.39 is 11.7 Å². The van der Waals surface area contributed by atoms with Crippen molar-refractivity contribution in [1.82, 2.24) is 0 Å². The summed E-state index contributed by atoms with van der Waals surface area (Å²) in [5.74, 6) is 0.612. The molecule has 0 heterocycles. The summed E-state index contributed by atoms with van der Waals surface area (Å²) in [7, 11) is 0. The number of allylic oxidation sites excluding steroid dienone is 1. The van der Waals surface area contributed by atoms with E-state index in [1.54, 1.807) is 0 Å². The van der Waals surface area contributed by atoms with Crippen molar-refractivity contribution in [2.75, 3.05) is 0 Å². The zero-order valence-electron chi connectivity index (χ0n) is 10.1. The summed E-state index contributed by atoms with van der Waals surface area (Å²) >= 11 is 0. The van der Waals surface area contributed by atoms with E-state index >= 15 is 0 Å². The maximum Gasteiger partial charge on any atom is 0.416 e. The summed E-state index contributed by atoms with van der Waals surface area (Å²) in [4.78, 5) is 0. The lowest BCUT2D eigenvalue weighted by atomic mass is 10.0. The van der Waals surface area contributed by atoms with Crippen LogP contribution in [0.2, 0.25) is 0 Å². The van der Waals surface area contributed by atoms with Crippen LogP contribution in [0.5, 0.6) is 0 Å². The van der Waals surface area contributed by atoms with Crippen molar-refractivity contribution in [1.29, 1.82) is 0 Å². The van der Waals surface area contributed by atoms with Gasteiger partial charge in [-0.05, 0) is 30.0 Å². The Morgan fingerprint density at radius 2 is 1.76 bits per heavy atom.